The van der Waals surface area contributed by atoms with Crippen molar-refractivity contribution < 1.29 is 9.53 Å². The number of ether oxygens (including phenoxy) is 1. The zero-order valence-corrected chi connectivity index (χ0v) is 16.8. The molecule has 2 aromatic rings. The number of aryl methyl sites for hydroxylation is 1. The van der Waals surface area contributed by atoms with E-state index in [1.807, 2.05) is 6.92 Å². The van der Waals surface area contributed by atoms with Crippen LogP contribution in [-0.4, -0.2) is 54.2 Å². The minimum Gasteiger partial charge on any atom is -0.450 e. The molecule has 1 aromatic heterocycles. The van der Waals surface area contributed by atoms with E-state index in [9.17, 15) is 4.79 Å². The van der Waals surface area contributed by atoms with Crippen LogP contribution in [0.2, 0.25) is 0 Å². The van der Waals surface area contributed by atoms with Gasteiger partial charge in [-0.25, -0.2) is 4.79 Å². The van der Waals surface area contributed by atoms with Crippen LogP contribution in [0.15, 0.2) is 29.4 Å². The van der Waals surface area contributed by atoms with Crippen molar-refractivity contribution in [2.75, 3.05) is 26.2 Å². The second kappa shape index (κ2) is 9.48. The summed E-state index contributed by atoms with van der Waals surface area (Å²) in [6, 6.07) is 6.67. The summed E-state index contributed by atoms with van der Waals surface area (Å²) in [7, 11) is 0. The number of likely N-dealkylation sites (tertiary alicyclic amines) is 1. The van der Waals surface area contributed by atoms with Crippen molar-refractivity contribution in [3.8, 4) is 0 Å². The van der Waals surface area contributed by atoms with Crippen molar-refractivity contribution in [2.45, 2.75) is 45.6 Å². The maximum absolute atomic E-state index is 11.7. The Morgan fingerprint density at radius 2 is 2.11 bits per heavy atom. The fraction of sp³-hybridized carbons (Fsp3) is 0.524. The Labute approximate surface area is 166 Å². The molecule has 0 spiro atoms. The van der Waals surface area contributed by atoms with Crippen LogP contribution in [0.3, 0.4) is 0 Å². The zero-order valence-electron chi connectivity index (χ0n) is 16.8. The van der Waals surface area contributed by atoms with Gasteiger partial charge in [-0.3, -0.25) is 4.99 Å². The topological polar surface area (TPSA) is 95.7 Å². The number of piperidine rings is 1. The Balaban J connectivity index is 1.47. The van der Waals surface area contributed by atoms with E-state index in [0.717, 1.165) is 25.7 Å². The first kappa shape index (κ1) is 20.0. The van der Waals surface area contributed by atoms with Crippen LogP contribution in [0.25, 0.3) is 10.9 Å². The number of guanidine groups is 1. The number of fused-ring (bicyclic) bond motifs is 1. The SMILES string of the molecule is CCOC(=O)N1CCC(NC(N)=NCCc2c[nH]c3c(CC)cccc23)CC1. The highest BCUT2D eigenvalue weighted by Gasteiger charge is 2.23. The zero-order chi connectivity index (χ0) is 19.9. The highest BCUT2D eigenvalue weighted by molar-refractivity contribution is 5.86. The van der Waals surface area contributed by atoms with E-state index in [4.69, 9.17) is 10.5 Å². The maximum atomic E-state index is 11.7. The van der Waals surface area contributed by atoms with Gasteiger partial charge in [0.1, 0.15) is 0 Å². The summed E-state index contributed by atoms with van der Waals surface area (Å²) in [5.41, 5.74) is 9.90. The van der Waals surface area contributed by atoms with Gasteiger partial charge in [-0.15, -0.1) is 0 Å². The highest BCUT2D eigenvalue weighted by atomic mass is 16.6. The number of amides is 1. The largest absolute Gasteiger partial charge is 0.450 e. The Morgan fingerprint density at radius 1 is 1.32 bits per heavy atom. The molecule has 152 valence electrons. The van der Waals surface area contributed by atoms with E-state index in [1.54, 1.807) is 4.90 Å². The number of benzene rings is 1. The number of aromatic amines is 1. The Bertz CT molecular complexity index is 821. The first-order valence-electron chi connectivity index (χ1n) is 10.2. The number of nitrogens with one attached hydrogen (secondary N) is 2. The molecule has 2 heterocycles. The fourth-order valence-corrected chi connectivity index (χ4v) is 3.75. The van der Waals surface area contributed by atoms with Gasteiger partial charge in [0, 0.05) is 42.8 Å². The fourth-order valence-electron chi connectivity index (χ4n) is 3.75. The number of H-pyrrole nitrogens is 1. The molecule has 4 N–H and O–H groups in total. The summed E-state index contributed by atoms with van der Waals surface area (Å²) in [5, 5.41) is 4.56. The average Bonchev–Trinajstić information content (AvgIpc) is 3.12. The molecular formula is C21H31N5O2. The summed E-state index contributed by atoms with van der Waals surface area (Å²) in [6.07, 6.45) is 5.40. The molecule has 1 aliphatic heterocycles. The summed E-state index contributed by atoms with van der Waals surface area (Å²) in [6.45, 7) is 6.40. The van der Waals surface area contributed by atoms with Gasteiger partial charge in [-0.1, -0.05) is 25.1 Å². The molecule has 0 aliphatic carbocycles. The molecule has 1 aromatic carbocycles. The monoisotopic (exact) mass is 385 g/mol. The van der Waals surface area contributed by atoms with Crippen LogP contribution in [0.4, 0.5) is 4.79 Å². The molecule has 0 unspecified atom stereocenters. The van der Waals surface area contributed by atoms with Crippen LogP contribution in [0.1, 0.15) is 37.8 Å². The number of para-hydroxylation sites is 1. The van der Waals surface area contributed by atoms with Crippen LogP contribution < -0.4 is 11.1 Å². The van der Waals surface area contributed by atoms with Crippen molar-refractivity contribution in [3.63, 3.8) is 0 Å². The van der Waals surface area contributed by atoms with Gasteiger partial charge in [0.15, 0.2) is 5.96 Å². The summed E-state index contributed by atoms with van der Waals surface area (Å²) < 4.78 is 5.05. The minimum absolute atomic E-state index is 0.229. The molecule has 0 atom stereocenters. The quantitative estimate of drug-likeness (QED) is 0.526. The van der Waals surface area contributed by atoms with Gasteiger partial charge < -0.3 is 25.7 Å². The highest BCUT2D eigenvalue weighted by Crippen LogP contribution is 2.22. The molecular weight excluding hydrogens is 354 g/mol. The number of aromatic nitrogens is 1. The van der Waals surface area contributed by atoms with Gasteiger partial charge in [-0.05, 0) is 43.7 Å². The van der Waals surface area contributed by atoms with Crippen LogP contribution in [0, 0.1) is 0 Å². The number of carbonyl (C=O) groups excluding carboxylic acids is 1. The first-order valence-corrected chi connectivity index (χ1v) is 10.2. The Morgan fingerprint density at radius 3 is 2.82 bits per heavy atom. The Hall–Kier alpha value is -2.70. The summed E-state index contributed by atoms with van der Waals surface area (Å²) >= 11 is 0. The second-order valence-corrected chi connectivity index (χ2v) is 7.13. The lowest BCUT2D eigenvalue weighted by Gasteiger charge is -2.31. The molecule has 1 amide bonds. The van der Waals surface area contributed by atoms with E-state index in [2.05, 4.69) is 46.6 Å². The number of nitrogens with two attached hydrogens (primary N) is 1. The van der Waals surface area contributed by atoms with Gasteiger partial charge in [0.2, 0.25) is 0 Å². The van der Waals surface area contributed by atoms with Gasteiger partial charge in [-0.2, -0.15) is 0 Å². The number of aliphatic imine (C=N–C) groups is 1. The first-order chi connectivity index (χ1) is 13.6. The van der Waals surface area contributed by atoms with Crippen molar-refractivity contribution in [1.29, 1.82) is 0 Å². The van der Waals surface area contributed by atoms with Gasteiger partial charge in [0.25, 0.3) is 0 Å². The van der Waals surface area contributed by atoms with Gasteiger partial charge in [0.05, 0.1) is 6.61 Å². The van der Waals surface area contributed by atoms with E-state index in [1.165, 1.54) is 22.0 Å². The molecule has 3 rings (SSSR count). The van der Waals surface area contributed by atoms with Crippen LogP contribution in [0.5, 0.6) is 0 Å². The number of nitrogens with zero attached hydrogens (tertiary/aromatic N) is 2. The molecule has 1 saturated heterocycles. The van der Waals surface area contributed by atoms with Gasteiger partial charge >= 0.3 is 6.09 Å². The maximum Gasteiger partial charge on any atom is 0.409 e. The molecule has 7 heteroatoms. The molecule has 0 radical (unpaired) electrons. The van der Waals surface area contributed by atoms with Crippen molar-refractivity contribution in [3.05, 3.63) is 35.5 Å². The molecule has 1 fully saturated rings. The van der Waals surface area contributed by atoms with Crippen LogP contribution in [-0.2, 0) is 17.6 Å². The third-order valence-electron chi connectivity index (χ3n) is 5.30. The lowest BCUT2D eigenvalue weighted by atomic mass is 10.1. The third kappa shape index (κ3) is 4.77. The molecule has 7 nitrogen and oxygen atoms in total. The lowest BCUT2D eigenvalue weighted by molar-refractivity contribution is 0.0963. The number of rotatable bonds is 6. The van der Waals surface area contributed by atoms with Crippen molar-refractivity contribution in [2.24, 2.45) is 10.7 Å². The summed E-state index contributed by atoms with van der Waals surface area (Å²) in [4.78, 5) is 21.4. The van der Waals surface area contributed by atoms with E-state index < -0.39 is 0 Å². The number of hydrogen-bond acceptors (Lipinski definition) is 3. The predicted octanol–water partition coefficient (Wildman–Crippen LogP) is 2.80. The molecule has 1 aliphatic rings. The smallest absolute Gasteiger partial charge is 0.409 e. The standard InChI is InChI=1S/C21H31N5O2/c1-3-15-6-5-7-18-16(14-24-19(15)18)8-11-23-20(22)25-17-9-12-26(13-10-17)21(27)28-4-2/h5-7,14,17,24H,3-4,8-13H2,1-2H3,(H3,22,23,25). The summed E-state index contributed by atoms with van der Waals surface area (Å²) in [5.74, 6) is 0.476. The molecule has 28 heavy (non-hydrogen) atoms. The second-order valence-electron chi connectivity index (χ2n) is 7.13. The number of carbonyl (C=O) groups is 1. The normalized spacial score (nSPS) is 15.8. The molecule has 0 saturated carbocycles. The minimum atomic E-state index is -0.229. The number of hydrogen-bond donors (Lipinski definition) is 3. The van der Waals surface area contributed by atoms with E-state index >= 15 is 0 Å². The lowest BCUT2D eigenvalue weighted by Crippen LogP contribution is -2.48. The molecule has 0 bridgehead atoms. The van der Waals surface area contributed by atoms with E-state index in [-0.39, 0.29) is 12.1 Å². The van der Waals surface area contributed by atoms with Crippen molar-refractivity contribution in [1.82, 2.24) is 15.2 Å². The van der Waals surface area contributed by atoms with Crippen LogP contribution >= 0.6 is 0 Å². The predicted molar refractivity (Wildman–Crippen MR) is 113 cm³/mol. The Kier molecular flexibility index (Phi) is 6.79. The van der Waals surface area contributed by atoms with E-state index in [0.29, 0.717) is 32.2 Å². The average molecular weight is 386 g/mol. The third-order valence-corrected chi connectivity index (χ3v) is 5.30. The van der Waals surface area contributed by atoms with Crippen molar-refractivity contribution >= 4 is 23.0 Å².